The van der Waals surface area contributed by atoms with Crippen molar-refractivity contribution in [1.29, 1.82) is 0 Å². The molecule has 22 heavy (non-hydrogen) atoms. The van der Waals surface area contributed by atoms with Crippen LogP contribution in [0.4, 0.5) is 11.4 Å². The highest BCUT2D eigenvalue weighted by Crippen LogP contribution is 2.34. The van der Waals surface area contributed by atoms with Gasteiger partial charge in [0.25, 0.3) is 0 Å². The predicted molar refractivity (Wildman–Crippen MR) is 94.0 cm³/mol. The van der Waals surface area contributed by atoms with Gasteiger partial charge in [0.2, 0.25) is 5.91 Å². The molecule has 0 spiro atoms. The fourth-order valence-corrected chi connectivity index (χ4v) is 3.82. The maximum Gasteiger partial charge on any atom is 0.234 e. The number of aliphatic imine (C=N–C) groups is 1. The van der Waals surface area contributed by atoms with Crippen molar-refractivity contribution in [2.75, 3.05) is 11.1 Å². The van der Waals surface area contributed by atoms with E-state index in [1.807, 2.05) is 18.2 Å². The van der Waals surface area contributed by atoms with Crippen LogP contribution in [-0.4, -0.2) is 21.1 Å². The third kappa shape index (κ3) is 3.84. The highest BCUT2D eigenvalue weighted by atomic mass is 32.2. The lowest BCUT2D eigenvalue weighted by molar-refractivity contribution is -0.113. The first-order chi connectivity index (χ1) is 10.7. The normalized spacial score (nSPS) is 13.2. The summed E-state index contributed by atoms with van der Waals surface area (Å²) in [6.45, 7) is 0. The van der Waals surface area contributed by atoms with Crippen LogP contribution >= 0.6 is 23.5 Å². The van der Waals surface area contributed by atoms with Crippen molar-refractivity contribution in [3.63, 3.8) is 0 Å². The van der Waals surface area contributed by atoms with Gasteiger partial charge in [0.1, 0.15) is 10.1 Å². The number of carbonyl (C=O) groups is 1. The first kappa shape index (κ1) is 15.0. The molecule has 0 atom stereocenters. The zero-order valence-electron chi connectivity index (χ0n) is 11.7. The SMILES string of the molecule is O=C(CSC1=Nc2ccccc2CS1)Nc1ccc(O)cc1. The number of phenols is 1. The molecule has 2 N–H and O–H groups in total. The first-order valence-corrected chi connectivity index (χ1v) is 8.69. The van der Waals surface area contributed by atoms with Gasteiger partial charge in [0, 0.05) is 11.4 Å². The number of para-hydroxylation sites is 1. The third-order valence-electron chi connectivity index (χ3n) is 3.03. The number of amides is 1. The molecule has 112 valence electrons. The molecule has 0 aromatic heterocycles. The Morgan fingerprint density at radius 2 is 2.00 bits per heavy atom. The summed E-state index contributed by atoms with van der Waals surface area (Å²) in [4.78, 5) is 16.5. The molecule has 0 unspecified atom stereocenters. The number of thioether (sulfide) groups is 2. The van der Waals surface area contributed by atoms with Crippen LogP contribution in [0.1, 0.15) is 5.56 Å². The molecule has 1 heterocycles. The van der Waals surface area contributed by atoms with Crippen LogP contribution < -0.4 is 5.32 Å². The van der Waals surface area contributed by atoms with Crippen LogP contribution in [-0.2, 0) is 10.5 Å². The predicted octanol–water partition coefficient (Wildman–Crippen LogP) is 4.00. The maximum atomic E-state index is 11.9. The fourth-order valence-electron chi connectivity index (χ4n) is 1.96. The number of hydrogen-bond donors (Lipinski definition) is 2. The lowest BCUT2D eigenvalue weighted by Crippen LogP contribution is -2.15. The van der Waals surface area contributed by atoms with Gasteiger partial charge in [0.15, 0.2) is 0 Å². The molecule has 2 aromatic rings. The third-order valence-corrected chi connectivity index (χ3v) is 5.28. The van der Waals surface area contributed by atoms with E-state index in [0.29, 0.717) is 11.4 Å². The molecule has 0 saturated heterocycles. The summed E-state index contributed by atoms with van der Waals surface area (Å²) in [5.74, 6) is 1.30. The van der Waals surface area contributed by atoms with Crippen molar-refractivity contribution in [3.05, 3.63) is 54.1 Å². The van der Waals surface area contributed by atoms with Crippen LogP contribution in [0.2, 0.25) is 0 Å². The second kappa shape index (κ2) is 6.89. The van der Waals surface area contributed by atoms with Crippen molar-refractivity contribution in [2.24, 2.45) is 4.99 Å². The summed E-state index contributed by atoms with van der Waals surface area (Å²) in [5.41, 5.74) is 2.89. The largest absolute Gasteiger partial charge is 0.508 e. The molecule has 0 fully saturated rings. The Kier molecular flexibility index (Phi) is 4.70. The van der Waals surface area contributed by atoms with Gasteiger partial charge < -0.3 is 10.4 Å². The molecule has 1 aliphatic heterocycles. The first-order valence-electron chi connectivity index (χ1n) is 6.72. The molecule has 0 aliphatic carbocycles. The van der Waals surface area contributed by atoms with Crippen molar-refractivity contribution >= 4 is 45.2 Å². The minimum absolute atomic E-state index is 0.0853. The number of nitrogens with zero attached hydrogens (tertiary/aromatic N) is 1. The molecule has 1 amide bonds. The fraction of sp³-hybridized carbons (Fsp3) is 0.125. The van der Waals surface area contributed by atoms with Crippen molar-refractivity contribution in [1.82, 2.24) is 0 Å². The van der Waals surface area contributed by atoms with Crippen LogP contribution in [0.3, 0.4) is 0 Å². The summed E-state index contributed by atoms with van der Waals surface area (Å²) in [7, 11) is 0. The summed E-state index contributed by atoms with van der Waals surface area (Å²) < 4.78 is 0.916. The number of fused-ring (bicyclic) bond motifs is 1. The van der Waals surface area contributed by atoms with E-state index in [0.717, 1.165) is 15.8 Å². The molecule has 0 bridgehead atoms. The number of hydrogen-bond acceptors (Lipinski definition) is 5. The van der Waals surface area contributed by atoms with Crippen LogP contribution in [0.5, 0.6) is 5.75 Å². The smallest absolute Gasteiger partial charge is 0.234 e. The number of anilines is 1. The zero-order valence-corrected chi connectivity index (χ0v) is 13.3. The number of carbonyl (C=O) groups excluding carboxylic acids is 1. The van der Waals surface area contributed by atoms with Gasteiger partial charge in [-0.05, 0) is 35.9 Å². The van der Waals surface area contributed by atoms with Gasteiger partial charge >= 0.3 is 0 Å². The van der Waals surface area contributed by atoms with Gasteiger partial charge in [0.05, 0.1) is 11.4 Å². The van der Waals surface area contributed by atoms with Gasteiger partial charge in [-0.3, -0.25) is 4.79 Å². The monoisotopic (exact) mass is 330 g/mol. The minimum atomic E-state index is -0.0853. The van der Waals surface area contributed by atoms with Crippen LogP contribution in [0, 0.1) is 0 Å². The molecule has 3 rings (SSSR count). The minimum Gasteiger partial charge on any atom is -0.508 e. The average molecular weight is 330 g/mol. The van der Waals surface area contributed by atoms with Gasteiger partial charge in [-0.2, -0.15) is 0 Å². The van der Waals surface area contributed by atoms with Gasteiger partial charge in [-0.1, -0.05) is 41.7 Å². The molecular weight excluding hydrogens is 316 g/mol. The summed E-state index contributed by atoms with van der Waals surface area (Å²) in [6, 6.07) is 14.5. The van der Waals surface area contributed by atoms with E-state index in [-0.39, 0.29) is 11.7 Å². The topological polar surface area (TPSA) is 61.7 Å². The Balaban J connectivity index is 1.55. The van der Waals surface area contributed by atoms with Crippen molar-refractivity contribution in [3.8, 4) is 5.75 Å². The Bertz CT molecular complexity index is 714. The van der Waals surface area contributed by atoms with Crippen molar-refractivity contribution in [2.45, 2.75) is 5.75 Å². The standard InChI is InChI=1S/C16H14N2O2S2/c19-13-7-5-12(6-8-13)17-15(20)10-22-16-18-14-4-2-1-3-11(14)9-21-16/h1-8,19H,9-10H2,(H,17,20). The second-order valence-electron chi connectivity index (χ2n) is 4.68. The number of rotatable bonds is 3. The summed E-state index contributed by atoms with van der Waals surface area (Å²) in [5, 5.41) is 12.0. The maximum absolute atomic E-state index is 11.9. The molecule has 1 aliphatic rings. The van der Waals surface area contributed by atoms with Crippen LogP contribution in [0.25, 0.3) is 0 Å². The molecule has 6 heteroatoms. The van der Waals surface area contributed by atoms with Crippen molar-refractivity contribution < 1.29 is 9.90 Å². The highest BCUT2D eigenvalue weighted by Gasteiger charge is 2.14. The molecule has 0 saturated carbocycles. The lowest BCUT2D eigenvalue weighted by Gasteiger charge is -2.14. The molecule has 2 aromatic carbocycles. The van der Waals surface area contributed by atoms with E-state index in [4.69, 9.17) is 0 Å². The van der Waals surface area contributed by atoms with Crippen LogP contribution in [0.15, 0.2) is 53.5 Å². The zero-order chi connectivity index (χ0) is 15.4. The van der Waals surface area contributed by atoms with E-state index in [1.54, 1.807) is 36.0 Å². The summed E-state index contributed by atoms with van der Waals surface area (Å²) >= 11 is 3.10. The highest BCUT2D eigenvalue weighted by molar-refractivity contribution is 8.38. The number of benzene rings is 2. The number of aromatic hydroxyl groups is 1. The Hall–Kier alpha value is -1.92. The Labute approximate surface area is 137 Å². The van der Waals surface area contributed by atoms with E-state index >= 15 is 0 Å². The van der Waals surface area contributed by atoms with E-state index in [2.05, 4.69) is 16.4 Å². The lowest BCUT2D eigenvalue weighted by atomic mass is 10.2. The molecular formula is C16H14N2O2S2. The quantitative estimate of drug-likeness (QED) is 0.835. The van der Waals surface area contributed by atoms with E-state index in [9.17, 15) is 9.90 Å². The Morgan fingerprint density at radius 3 is 2.82 bits per heavy atom. The number of phenolic OH excluding ortho intramolecular Hbond substituents is 1. The van der Waals surface area contributed by atoms with E-state index < -0.39 is 0 Å². The van der Waals surface area contributed by atoms with E-state index in [1.165, 1.54) is 17.3 Å². The Morgan fingerprint density at radius 1 is 1.23 bits per heavy atom. The second-order valence-corrected chi connectivity index (χ2v) is 6.87. The average Bonchev–Trinajstić information content (AvgIpc) is 2.55. The molecule has 4 nitrogen and oxygen atoms in total. The summed E-state index contributed by atoms with van der Waals surface area (Å²) in [6.07, 6.45) is 0. The van der Waals surface area contributed by atoms with Gasteiger partial charge in [-0.15, -0.1) is 0 Å². The molecule has 0 radical (unpaired) electrons. The van der Waals surface area contributed by atoms with Gasteiger partial charge in [-0.25, -0.2) is 4.99 Å². The number of nitrogens with one attached hydrogen (secondary N) is 1.